The van der Waals surface area contributed by atoms with Crippen LogP contribution in [0, 0.1) is 0 Å². The fraction of sp³-hybridized carbons (Fsp3) is 0.474. The van der Waals surface area contributed by atoms with Crippen LogP contribution in [0.1, 0.15) is 12.8 Å². The van der Waals surface area contributed by atoms with E-state index in [-0.39, 0.29) is 4.90 Å². The Kier molecular flexibility index (Phi) is 5.36. The van der Waals surface area contributed by atoms with Crippen molar-refractivity contribution in [3.8, 4) is 5.75 Å². The van der Waals surface area contributed by atoms with Crippen LogP contribution in [0.2, 0.25) is 0 Å². The molecule has 0 amide bonds. The quantitative estimate of drug-likeness (QED) is 0.750. The number of hydrogen-bond acceptors (Lipinski definition) is 7. The van der Waals surface area contributed by atoms with Crippen molar-refractivity contribution in [2.75, 3.05) is 56.2 Å². The summed E-state index contributed by atoms with van der Waals surface area (Å²) in [4.78, 5) is 4.62. The van der Waals surface area contributed by atoms with Crippen LogP contribution in [-0.4, -0.2) is 69.3 Å². The van der Waals surface area contributed by atoms with Crippen molar-refractivity contribution in [3.63, 3.8) is 0 Å². The topological polar surface area (TPSA) is 78.9 Å². The van der Waals surface area contributed by atoms with Crippen LogP contribution in [0.4, 0.5) is 11.6 Å². The molecule has 4 rings (SSSR count). The van der Waals surface area contributed by atoms with E-state index in [9.17, 15) is 8.42 Å². The van der Waals surface area contributed by atoms with Crippen molar-refractivity contribution in [1.29, 1.82) is 0 Å². The third-order valence-electron chi connectivity index (χ3n) is 5.33. The van der Waals surface area contributed by atoms with Crippen LogP contribution < -0.4 is 14.5 Å². The predicted molar refractivity (Wildman–Crippen MR) is 107 cm³/mol. The molecule has 2 aliphatic rings. The maximum absolute atomic E-state index is 12.9. The minimum absolute atomic E-state index is 0.288. The average Bonchev–Trinajstić information content (AvgIpc) is 3.29. The number of benzene rings is 1. The fourth-order valence-electron chi connectivity index (χ4n) is 3.66. The highest BCUT2D eigenvalue weighted by Crippen LogP contribution is 2.23. The summed E-state index contributed by atoms with van der Waals surface area (Å²) in [5.41, 5.74) is 0. The van der Waals surface area contributed by atoms with Crippen molar-refractivity contribution in [1.82, 2.24) is 14.5 Å². The van der Waals surface area contributed by atoms with Crippen LogP contribution in [0.25, 0.3) is 0 Å². The van der Waals surface area contributed by atoms with Gasteiger partial charge in [0.1, 0.15) is 5.75 Å². The van der Waals surface area contributed by atoms with Gasteiger partial charge in [0, 0.05) is 39.3 Å². The maximum atomic E-state index is 12.9. The molecule has 0 bridgehead atoms. The maximum Gasteiger partial charge on any atom is 0.243 e. The van der Waals surface area contributed by atoms with E-state index >= 15 is 0 Å². The molecule has 0 aliphatic carbocycles. The van der Waals surface area contributed by atoms with Gasteiger partial charge in [-0.05, 0) is 49.2 Å². The number of aromatic nitrogens is 2. The molecule has 2 fully saturated rings. The van der Waals surface area contributed by atoms with Gasteiger partial charge in [0.25, 0.3) is 0 Å². The zero-order chi connectivity index (χ0) is 19.6. The first-order valence-corrected chi connectivity index (χ1v) is 11.0. The SMILES string of the molecule is COc1ccc(S(=O)(=O)N2CCN(c3ccc(N4CCCC4)nn3)CC2)cc1. The Morgan fingerprint density at radius 1 is 0.786 bits per heavy atom. The van der Waals surface area contributed by atoms with E-state index in [4.69, 9.17) is 4.74 Å². The van der Waals surface area contributed by atoms with Gasteiger partial charge >= 0.3 is 0 Å². The molecule has 0 radical (unpaired) electrons. The molecule has 0 unspecified atom stereocenters. The van der Waals surface area contributed by atoms with E-state index in [2.05, 4.69) is 20.0 Å². The first-order valence-electron chi connectivity index (χ1n) is 9.56. The van der Waals surface area contributed by atoms with Crippen LogP contribution in [0.5, 0.6) is 5.75 Å². The molecule has 3 heterocycles. The minimum atomic E-state index is -3.50. The summed E-state index contributed by atoms with van der Waals surface area (Å²) in [6.45, 7) is 4.10. The van der Waals surface area contributed by atoms with Crippen LogP contribution in [0.3, 0.4) is 0 Å². The fourth-order valence-corrected chi connectivity index (χ4v) is 5.08. The Hall–Kier alpha value is -2.39. The largest absolute Gasteiger partial charge is 0.497 e. The van der Waals surface area contributed by atoms with Gasteiger partial charge < -0.3 is 14.5 Å². The molecular weight excluding hydrogens is 378 g/mol. The molecule has 8 nitrogen and oxygen atoms in total. The highest BCUT2D eigenvalue weighted by molar-refractivity contribution is 7.89. The first kappa shape index (κ1) is 18.9. The zero-order valence-corrected chi connectivity index (χ0v) is 16.8. The lowest BCUT2D eigenvalue weighted by Gasteiger charge is -2.34. The molecule has 9 heteroatoms. The Balaban J connectivity index is 1.39. The summed E-state index contributed by atoms with van der Waals surface area (Å²) in [5, 5.41) is 8.72. The van der Waals surface area contributed by atoms with Gasteiger partial charge in [0.15, 0.2) is 11.6 Å². The second-order valence-electron chi connectivity index (χ2n) is 7.01. The third-order valence-corrected chi connectivity index (χ3v) is 7.24. The molecule has 0 spiro atoms. The Morgan fingerprint density at radius 3 is 1.82 bits per heavy atom. The minimum Gasteiger partial charge on any atom is -0.497 e. The van der Waals surface area contributed by atoms with Crippen molar-refractivity contribution in [2.45, 2.75) is 17.7 Å². The van der Waals surface area contributed by atoms with E-state index in [0.717, 1.165) is 24.7 Å². The highest BCUT2D eigenvalue weighted by Gasteiger charge is 2.29. The summed E-state index contributed by atoms with van der Waals surface area (Å²) < 4.78 is 32.3. The van der Waals surface area contributed by atoms with Crippen LogP contribution >= 0.6 is 0 Å². The van der Waals surface area contributed by atoms with E-state index in [1.165, 1.54) is 17.1 Å². The third kappa shape index (κ3) is 3.77. The molecule has 28 heavy (non-hydrogen) atoms. The Morgan fingerprint density at radius 2 is 1.32 bits per heavy atom. The molecule has 0 atom stereocenters. The summed E-state index contributed by atoms with van der Waals surface area (Å²) in [6.07, 6.45) is 2.40. The molecule has 150 valence electrons. The smallest absolute Gasteiger partial charge is 0.243 e. The average molecular weight is 404 g/mol. The number of anilines is 2. The van der Waals surface area contributed by atoms with E-state index in [1.807, 2.05) is 12.1 Å². The van der Waals surface area contributed by atoms with Gasteiger partial charge in [0.05, 0.1) is 12.0 Å². The van der Waals surface area contributed by atoms with Crippen LogP contribution in [0.15, 0.2) is 41.3 Å². The summed E-state index contributed by atoms with van der Waals surface area (Å²) in [6, 6.07) is 10.5. The van der Waals surface area contributed by atoms with Gasteiger partial charge in [-0.15, -0.1) is 10.2 Å². The van der Waals surface area contributed by atoms with Crippen molar-refractivity contribution in [2.24, 2.45) is 0 Å². The number of ether oxygens (including phenoxy) is 1. The molecule has 1 aromatic heterocycles. The lowest BCUT2D eigenvalue weighted by atomic mass is 10.3. The number of hydrogen-bond donors (Lipinski definition) is 0. The molecule has 2 aliphatic heterocycles. The number of methoxy groups -OCH3 is 1. The number of piperazine rings is 1. The molecule has 0 N–H and O–H groups in total. The number of sulfonamides is 1. The highest BCUT2D eigenvalue weighted by atomic mass is 32.2. The zero-order valence-electron chi connectivity index (χ0n) is 16.0. The van der Waals surface area contributed by atoms with Crippen molar-refractivity contribution >= 4 is 21.7 Å². The Bertz CT molecular complexity index is 888. The summed E-state index contributed by atoms with van der Waals surface area (Å²) in [7, 11) is -1.94. The normalized spacial score (nSPS) is 18.5. The lowest BCUT2D eigenvalue weighted by molar-refractivity contribution is 0.383. The van der Waals surface area contributed by atoms with Gasteiger partial charge in [-0.25, -0.2) is 8.42 Å². The predicted octanol–water partition coefficient (Wildman–Crippen LogP) is 1.60. The van der Waals surface area contributed by atoms with Crippen molar-refractivity contribution in [3.05, 3.63) is 36.4 Å². The van der Waals surface area contributed by atoms with Gasteiger partial charge in [-0.3, -0.25) is 0 Å². The second-order valence-corrected chi connectivity index (χ2v) is 8.95. The number of nitrogens with zero attached hydrogens (tertiary/aromatic N) is 5. The summed E-state index contributed by atoms with van der Waals surface area (Å²) >= 11 is 0. The summed E-state index contributed by atoms with van der Waals surface area (Å²) in [5.74, 6) is 2.35. The molecule has 0 saturated carbocycles. The molecule has 1 aromatic carbocycles. The van der Waals surface area contributed by atoms with E-state index in [0.29, 0.717) is 31.9 Å². The molecule has 2 saturated heterocycles. The van der Waals surface area contributed by atoms with Crippen molar-refractivity contribution < 1.29 is 13.2 Å². The van der Waals surface area contributed by atoms with Crippen LogP contribution in [-0.2, 0) is 10.0 Å². The van der Waals surface area contributed by atoms with E-state index in [1.54, 1.807) is 31.4 Å². The van der Waals surface area contributed by atoms with Gasteiger partial charge in [0.2, 0.25) is 10.0 Å². The molecule has 2 aromatic rings. The first-order chi connectivity index (χ1) is 13.6. The lowest BCUT2D eigenvalue weighted by Crippen LogP contribution is -2.49. The monoisotopic (exact) mass is 403 g/mol. The van der Waals surface area contributed by atoms with Gasteiger partial charge in [-0.1, -0.05) is 0 Å². The standard InChI is InChI=1S/C19H25N5O3S/c1-27-16-4-6-17(7-5-16)28(25,26)24-14-12-23(13-15-24)19-9-8-18(20-21-19)22-10-2-3-11-22/h4-9H,2-3,10-15H2,1H3. The molecular formula is C19H25N5O3S. The van der Waals surface area contributed by atoms with E-state index < -0.39 is 10.0 Å². The number of rotatable bonds is 5. The Labute approximate surface area is 165 Å². The van der Waals surface area contributed by atoms with Gasteiger partial charge in [-0.2, -0.15) is 4.31 Å². The second kappa shape index (κ2) is 7.92.